The van der Waals surface area contributed by atoms with Gasteiger partial charge in [-0.15, -0.1) is 0 Å². The molecule has 1 atom stereocenters. The Hall–Kier alpha value is 0.130. The minimum Gasteiger partial charge on any atom is -0.338 e. The van der Waals surface area contributed by atoms with Gasteiger partial charge in [-0.3, -0.25) is 4.79 Å². The third kappa shape index (κ3) is 4.05. The van der Waals surface area contributed by atoms with E-state index in [1.54, 1.807) is 0 Å². The van der Waals surface area contributed by atoms with Crippen LogP contribution in [0.3, 0.4) is 0 Å². The van der Waals surface area contributed by atoms with Gasteiger partial charge in [-0.05, 0) is 59.3 Å². The Bertz CT molecular complexity index is 462. The van der Waals surface area contributed by atoms with Crippen molar-refractivity contribution in [2.24, 2.45) is 5.92 Å². The summed E-state index contributed by atoms with van der Waals surface area (Å²) in [5.74, 6) is 0.760. The Kier molecular flexibility index (Phi) is 5.90. The third-order valence-electron chi connectivity index (χ3n) is 3.48. The molecule has 0 bridgehead atoms. The molecule has 0 aliphatic carbocycles. The van der Waals surface area contributed by atoms with Gasteiger partial charge in [0.2, 0.25) is 0 Å². The van der Waals surface area contributed by atoms with Crippen molar-refractivity contribution in [3.63, 3.8) is 0 Å². The number of carbonyl (C=O) groups excluding carboxylic acids is 1. The normalized spacial score (nSPS) is 19.5. The van der Waals surface area contributed by atoms with Crippen molar-refractivity contribution in [2.75, 3.05) is 18.4 Å². The monoisotopic (exact) mass is 451 g/mol. The highest BCUT2D eigenvalue weighted by Gasteiger charge is 2.25. The van der Waals surface area contributed by atoms with Crippen LogP contribution < -0.4 is 0 Å². The van der Waals surface area contributed by atoms with Gasteiger partial charge in [0.1, 0.15) is 0 Å². The van der Waals surface area contributed by atoms with E-state index in [0.717, 1.165) is 45.8 Å². The van der Waals surface area contributed by atoms with Gasteiger partial charge in [0.05, 0.1) is 5.56 Å². The molecule has 104 valence electrons. The molecule has 1 amide bonds. The first-order valence-corrected chi connectivity index (χ1v) is 9.13. The average molecular weight is 454 g/mol. The number of halogens is 3. The summed E-state index contributed by atoms with van der Waals surface area (Å²) in [5.41, 5.74) is 0.744. The maximum Gasteiger partial charge on any atom is 0.255 e. The molecule has 0 aromatic heterocycles. The van der Waals surface area contributed by atoms with Crippen molar-refractivity contribution in [1.29, 1.82) is 0 Å². The van der Waals surface area contributed by atoms with Crippen LogP contribution in [0.25, 0.3) is 0 Å². The van der Waals surface area contributed by atoms with Crippen LogP contribution in [0.1, 0.15) is 29.6 Å². The second-order valence-electron chi connectivity index (χ2n) is 4.86. The number of carbonyl (C=O) groups is 1. The summed E-state index contributed by atoms with van der Waals surface area (Å²) in [7, 11) is 0. The first-order valence-electron chi connectivity index (χ1n) is 6.42. The summed E-state index contributed by atoms with van der Waals surface area (Å²) in [6, 6.07) is 5.74. The zero-order valence-electron chi connectivity index (χ0n) is 10.5. The molecule has 1 fully saturated rings. The smallest absolute Gasteiger partial charge is 0.255 e. The van der Waals surface area contributed by atoms with Gasteiger partial charge < -0.3 is 4.90 Å². The molecule has 1 saturated heterocycles. The molecular formula is C14H16Br3NO. The number of hydrogen-bond acceptors (Lipinski definition) is 1. The fourth-order valence-corrected chi connectivity index (χ4v) is 3.90. The van der Waals surface area contributed by atoms with Crippen molar-refractivity contribution >= 4 is 53.7 Å². The predicted octanol–water partition coefficient (Wildman–Crippen LogP) is 4.85. The lowest BCUT2D eigenvalue weighted by molar-refractivity contribution is 0.0671. The summed E-state index contributed by atoms with van der Waals surface area (Å²) in [4.78, 5) is 14.6. The van der Waals surface area contributed by atoms with Crippen LogP contribution in [0.15, 0.2) is 27.1 Å². The van der Waals surface area contributed by atoms with Crippen molar-refractivity contribution in [2.45, 2.75) is 19.3 Å². The van der Waals surface area contributed by atoms with Gasteiger partial charge in [0, 0.05) is 27.4 Å². The standard InChI is InChI=1S/C14H16Br3NO/c15-6-5-10-2-1-7-18(9-10)14(19)12-8-11(16)3-4-13(12)17/h3-4,8,10H,1-2,5-7,9H2. The van der Waals surface area contributed by atoms with Gasteiger partial charge in [-0.25, -0.2) is 0 Å². The molecule has 19 heavy (non-hydrogen) atoms. The van der Waals surface area contributed by atoms with Crippen LogP contribution in [0.2, 0.25) is 0 Å². The van der Waals surface area contributed by atoms with E-state index in [9.17, 15) is 4.79 Å². The quantitative estimate of drug-likeness (QED) is 0.599. The van der Waals surface area contributed by atoms with Gasteiger partial charge >= 0.3 is 0 Å². The van der Waals surface area contributed by atoms with Gasteiger partial charge in [0.15, 0.2) is 0 Å². The molecule has 1 heterocycles. The molecule has 0 spiro atoms. The van der Waals surface area contributed by atoms with Crippen LogP contribution in [-0.4, -0.2) is 29.2 Å². The van der Waals surface area contributed by atoms with Crippen LogP contribution in [0, 0.1) is 5.92 Å². The topological polar surface area (TPSA) is 20.3 Å². The number of alkyl halides is 1. The van der Waals surface area contributed by atoms with E-state index in [4.69, 9.17) is 0 Å². The minimum absolute atomic E-state index is 0.132. The van der Waals surface area contributed by atoms with E-state index < -0.39 is 0 Å². The molecule has 0 radical (unpaired) electrons. The van der Waals surface area contributed by atoms with Gasteiger partial charge in [0.25, 0.3) is 5.91 Å². The molecule has 1 aromatic carbocycles. The summed E-state index contributed by atoms with van der Waals surface area (Å²) >= 11 is 10.4. The molecule has 2 nitrogen and oxygen atoms in total. The van der Waals surface area contributed by atoms with E-state index in [-0.39, 0.29) is 5.91 Å². The largest absolute Gasteiger partial charge is 0.338 e. The van der Waals surface area contributed by atoms with E-state index in [1.807, 2.05) is 23.1 Å². The molecule has 5 heteroatoms. The van der Waals surface area contributed by atoms with Crippen molar-refractivity contribution < 1.29 is 4.79 Å². The lowest BCUT2D eigenvalue weighted by Crippen LogP contribution is -2.40. The van der Waals surface area contributed by atoms with Gasteiger partial charge in [-0.1, -0.05) is 31.9 Å². The second kappa shape index (κ2) is 7.23. The lowest BCUT2D eigenvalue weighted by Gasteiger charge is -2.33. The van der Waals surface area contributed by atoms with Crippen molar-refractivity contribution in [3.05, 3.63) is 32.7 Å². The molecule has 1 aliphatic heterocycles. The Morgan fingerprint density at radius 3 is 2.89 bits per heavy atom. The fourth-order valence-electron chi connectivity index (χ4n) is 2.47. The molecular weight excluding hydrogens is 438 g/mol. The Labute approximate surface area is 139 Å². The minimum atomic E-state index is 0.132. The summed E-state index contributed by atoms with van der Waals surface area (Å²) in [6.45, 7) is 1.75. The summed E-state index contributed by atoms with van der Waals surface area (Å²) < 4.78 is 1.80. The van der Waals surface area contributed by atoms with E-state index in [2.05, 4.69) is 47.8 Å². The Morgan fingerprint density at radius 1 is 1.37 bits per heavy atom. The maximum absolute atomic E-state index is 12.6. The van der Waals surface area contributed by atoms with E-state index >= 15 is 0 Å². The second-order valence-corrected chi connectivity index (χ2v) is 7.42. The highest BCUT2D eigenvalue weighted by molar-refractivity contribution is 9.11. The van der Waals surface area contributed by atoms with Crippen LogP contribution in [-0.2, 0) is 0 Å². The first-order chi connectivity index (χ1) is 9.11. The zero-order valence-corrected chi connectivity index (χ0v) is 15.3. The lowest BCUT2D eigenvalue weighted by atomic mass is 9.95. The maximum atomic E-state index is 12.6. The van der Waals surface area contributed by atoms with Crippen LogP contribution >= 0.6 is 47.8 Å². The number of hydrogen-bond donors (Lipinski definition) is 0. The van der Waals surface area contributed by atoms with Crippen LogP contribution in [0.4, 0.5) is 0 Å². The molecule has 2 rings (SSSR count). The van der Waals surface area contributed by atoms with Crippen molar-refractivity contribution in [1.82, 2.24) is 4.90 Å². The summed E-state index contributed by atoms with van der Waals surface area (Å²) in [6.07, 6.45) is 3.48. The number of likely N-dealkylation sites (tertiary alicyclic amines) is 1. The Balaban J connectivity index is 2.12. The molecule has 0 N–H and O–H groups in total. The third-order valence-corrected chi connectivity index (χ3v) is 5.12. The highest BCUT2D eigenvalue weighted by atomic mass is 79.9. The highest BCUT2D eigenvalue weighted by Crippen LogP contribution is 2.26. The Morgan fingerprint density at radius 2 is 2.16 bits per heavy atom. The number of benzene rings is 1. The zero-order chi connectivity index (χ0) is 13.8. The first kappa shape index (κ1) is 15.5. The molecule has 1 aliphatic rings. The SMILES string of the molecule is O=C(c1cc(Br)ccc1Br)N1CCCC(CCBr)C1. The van der Waals surface area contributed by atoms with E-state index in [0.29, 0.717) is 5.92 Å². The number of piperidine rings is 1. The van der Waals surface area contributed by atoms with E-state index in [1.165, 1.54) is 6.42 Å². The van der Waals surface area contributed by atoms with Gasteiger partial charge in [-0.2, -0.15) is 0 Å². The number of amides is 1. The molecule has 1 aromatic rings. The molecule has 1 unspecified atom stereocenters. The number of nitrogens with zero attached hydrogens (tertiary/aromatic N) is 1. The fraction of sp³-hybridized carbons (Fsp3) is 0.500. The van der Waals surface area contributed by atoms with Crippen LogP contribution in [0.5, 0.6) is 0 Å². The average Bonchev–Trinajstić information content (AvgIpc) is 2.41. The number of rotatable bonds is 3. The summed E-state index contributed by atoms with van der Waals surface area (Å²) in [5, 5.41) is 1.01. The predicted molar refractivity (Wildman–Crippen MR) is 88.9 cm³/mol. The molecule has 0 saturated carbocycles. The van der Waals surface area contributed by atoms with Crippen molar-refractivity contribution in [3.8, 4) is 0 Å².